The maximum absolute atomic E-state index is 12.0. The molecule has 2 amide bonds. The van der Waals surface area contributed by atoms with Crippen LogP contribution in [0.25, 0.3) is 44.3 Å². The van der Waals surface area contributed by atoms with Gasteiger partial charge in [-0.25, -0.2) is 0 Å². The molecule has 2 aliphatic rings. The Morgan fingerprint density at radius 1 is 0.706 bits per heavy atom. The fraction of sp³-hybridized carbons (Fsp3) is 0.220. The predicted molar refractivity (Wildman–Crippen MR) is 198 cm³/mol. The summed E-state index contributed by atoms with van der Waals surface area (Å²) in [7, 11) is 1.75. The zero-order valence-electron chi connectivity index (χ0n) is 29.1. The van der Waals surface area contributed by atoms with Crippen molar-refractivity contribution in [2.45, 2.75) is 40.8 Å². The maximum atomic E-state index is 12.0. The van der Waals surface area contributed by atoms with Crippen molar-refractivity contribution in [2.75, 3.05) is 30.5 Å². The number of nitrogens with one attached hydrogen (secondary N) is 1. The topological polar surface area (TPSA) is 125 Å². The van der Waals surface area contributed by atoms with Crippen LogP contribution in [0.3, 0.4) is 0 Å². The summed E-state index contributed by atoms with van der Waals surface area (Å²) < 4.78 is 15.3. The monoisotopic (exact) mass is 676 g/mol. The van der Waals surface area contributed by atoms with E-state index in [1.54, 1.807) is 11.9 Å². The number of rotatable bonds is 4. The van der Waals surface area contributed by atoms with Crippen molar-refractivity contribution < 1.29 is 19.1 Å². The Hall–Kier alpha value is -6.52. The van der Waals surface area contributed by atoms with E-state index in [1.165, 1.54) is 0 Å². The Labute approximate surface area is 295 Å². The van der Waals surface area contributed by atoms with Gasteiger partial charge >= 0.3 is 0 Å². The van der Waals surface area contributed by atoms with Crippen LogP contribution in [0, 0.1) is 36.5 Å². The zero-order valence-corrected chi connectivity index (χ0v) is 29.1. The van der Waals surface area contributed by atoms with Gasteiger partial charge in [0, 0.05) is 42.0 Å². The molecule has 0 unspecified atom stereocenters. The number of aryl methyl sites for hydroxylation is 4. The van der Waals surface area contributed by atoms with Crippen LogP contribution in [0.1, 0.15) is 36.1 Å². The first-order chi connectivity index (χ1) is 24.7. The molecule has 2 aliphatic heterocycles. The van der Waals surface area contributed by atoms with Crippen LogP contribution in [-0.4, -0.2) is 41.2 Å². The SMILES string of the molecule is CCn1c(-c2ccc3c(c2)N(C)C(=O)CO3)c(C#N)c2ccc(C)cc21.CCn1c(-c2ccc3c(c2)NC(=O)CO3)c(C#N)c2ccc(C)cc21. The summed E-state index contributed by atoms with van der Waals surface area (Å²) in [6.07, 6.45) is 0. The highest BCUT2D eigenvalue weighted by molar-refractivity contribution is 6.00. The largest absolute Gasteiger partial charge is 0.482 e. The van der Waals surface area contributed by atoms with E-state index in [9.17, 15) is 20.1 Å². The minimum Gasteiger partial charge on any atom is -0.482 e. The average Bonchev–Trinajstić information content (AvgIpc) is 3.63. The van der Waals surface area contributed by atoms with E-state index in [-0.39, 0.29) is 25.0 Å². The highest BCUT2D eigenvalue weighted by Gasteiger charge is 2.25. The first-order valence-corrected chi connectivity index (χ1v) is 16.8. The molecule has 0 bridgehead atoms. The van der Waals surface area contributed by atoms with Gasteiger partial charge in [0.25, 0.3) is 11.8 Å². The molecular formula is C41H36N6O4. The third kappa shape index (κ3) is 5.61. The Morgan fingerprint density at radius 2 is 1.24 bits per heavy atom. The lowest BCUT2D eigenvalue weighted by atomic mass is 10.0. The first kappa shape index (κ1) is 33.0. The van der Waals surface area contributed by atoms with Crippen LogP contribution in [0.4, 0.5) is 11.4 Å². The van der Waals surface area contributed by atoms with Gasteiger partial charge in [-0.2, -0.15) is 10.5 Å². The van der Waals surface area contributed by atoms with E-state index < -0.39 is 0 Å². The smallest absolute Gasteiger partial charge is 0.264 e. The van der Waals surface area contributed by atoms with Gasteiger partial charge in [0.1, 0.15) is 23.6 Å². The van der Waals surface area contributed by atoms with Gasteiger partial charge in [-0.05, 0) is 87.4 Å². The Kier molecular flexibility index (Phi) is 8.46. The molecule has 10 heteroatoms. The van der Waals surface area contributed by atoms with Gasteiger partial charge in [-0.15, -0.1) is 0 Å². The van der Waals surface area contributed by atoms with E-state index in [2.05, 4.69) is 59.5 Å². The number of hydrogen-bond donors (Lipinski definition) is 1. The van der Waals surface area contributed by atoms with Crippen molar-refractivity contribution in [1.82, 2.24) is 9.13 Å². The Bertz CT molecular complexity index is 2490. The number of amides is 2. The second-order valence-electron chi connectivity index (χ2n) is 12.7. The van der Waals surface area contributed by atoms with Gasteiger partial charge < -0.3 is 28.8 Å². The quantitative estimate of drug-likeness (QED) is 0.204. The lowest BCUT2D eigenvalue weighted by molar-refractivity contribution is -0.121. The molecule has 254 valence electrons. The van der Waals surface area contributed by atoms with E-state index in [4.69, 9.17) is 9.47 Å². The summed E-state index contributed by atoms with van der Waals surface area (Å²) in [5.74, 6) is 1.08. The molecule has 10 nitrogen and oxygen atoms in total. The standard InChI is InChI=1S/C21H19N3O2.C20H17N3O2/c1-4-24-17-9-13(2)5-7-15(17)16(11-22)21(24)14-6-8-19-18(10-14)23(3)20(25)12-26-19;1-3-23-17-8-12(2)4-6-14(17)15(10-21)20(23)13-5-7-18-16(9-13)22-19(24)11-25-18/h5-10H,4,12H2,1-3H3;4-9H,3,11H2,1-2H3,(H,22,24). The van der Waals surface area contributed by atoms with Crippen LogP contribution in [-0.2, 0) is 22.7 Å². The van der Waals surface area contributed by atoms with Crippen molar-refractivity contribution in [3.63, 3.8) is 0 Å². The lowest BCUT2D eigenvalue weighted by Gasteiger charge is -2.26. The molecule has 0 atom stereocenters. The number of likely N-dealkylation sites (N-methyl/N-ethyl adjacent to an activating group) is 1. The average molecular weight is 677 g/mol. The van der Waals surface area contributed by atoms with E-state index in [1.807, 2.05) is 67.6 Å². The third-order valence-corrected chi connectivity index (χ3v) is 9.50. The fourth-order valence-corrected chi connectivity index (χ4v) is 7.05. The predicted octanol–water partition coefficient (Wildman–Crippen LogP) is 7.70. The van der Waals surface area contributed by atoms with Crippen LogP contribution in [0.5, 0.6) is 11.5 Å². The molecule has 0 aliphatic carbocycles. The van der Waals surface area contributed by atoms with Crippen molar-refractivity contribution in [3.05, 3.63) is 95.1 Å². The second kappa shape index (κ2) is 13.1. The number of nitriles is 2. The number of ether oxygens (including phenoxy) is 2. The fourth-order valence-electron chi connectivity index (χ4n) is 7.05. The molecule has 0 radical (unpaired) electrons. The van der Waals surface area contributed by atoms with E-state index in [0.29, 0.717) is 28.3 Å². The lowest BCUT2D eigenvalue weighted by Crippen LogP contribution is -2.35. The number of carbonyl (C=O) groups excluding carboxylic acids is 2. The molecule has 2 aromatic heterocycles. The summed E-state index contributed by atoms with van der Waals surface area (Å²) in [5.41, 5.74) is 10.6. The molecule has 0 saturated carbocycles. The molecule has 0 saturated heterocycles. The van der Waals surface area contributed by atoms with Gasteiger partial charge in [-0.3, -0.25) is 9.59 Å². The van der Waals surface area contributed by atoms with Crippen LogP contribution in [0.15, 0.2) is 72.8 Å². The summed E-state index contributed by atoms with van der Waals surface area (Å²) in [5, 5.41) is 24.3. The number of anilines is 2. The molecule has 0 fully saturated rings. The molecular weight excluding hydrogens is 640 g/mol. The van der Waals surface area contributed by atoms with E-state index >= 15 is 0 Å². The highest BCUT2D eigenvalue weighted by Crippen LogP contribution is 2.40. The van der Waals surface area contributed by atoms with Crippen molar-refractivity contribution in [2.24, 2.45) is 0 Å². The van der Waals surface area contributed by atoms with Gasteiger partial charge in [0.15, 0.2) is 13.2 Å². The number of fused-ring (bicyclic) bond motifs is 4. The van der Waals surface area contributed by atoms with Gasteiger partial charge in [0.2, 0.25) is 0 Å². The first-order valence-electron chi connectivity index (χ1n) is 16.8. The molecule has 0 spiro atoms. The summed E-state index contributed by atoms with van der Waals surface area (Å²) >= 11 is 0. The molecule has 6 aromatic rings. The number of carbonyl (C=O) groups is 2. The molecule has 51 heavy (non-hydrogen) atoms. The van der Waals surface area contributed by atoms with Crippen molar-refractivity contribution >= 4 is 45.0 Å². The molecule has 4 aromatic carbocycles. The summed E-state index contributed by atoms with van der Waals surface area (Å²) in [6, 6.07) is 28.4. The number of aromatic nitrogens is 2. The molecule has 1 N–H and O–H groups in total. The Morgan fingerprint density at radius 3 is 1.78 bits per heavy atom. The van der Waals surface area contributed by atoms with Crippen molar-refractivity contribution in [3.8, 4) is 46.2 Å². The van der Waals surface area contributed by atoms with Gasteiger partial charge in [0.05, 0.1) is 44.9 Å². The maximum Gasteiger partial charge on any atom is 0.264 e. The second-order valence-corrected chi connectivity index (χ2v) is 12.7. The van der Waals surface area contributed by atoms with Gasteiger partial charge in [-0.1, -0.05) is 24.3 Å². The number of benzene rings is 4. The minimum absolute atomic E-state index is 0.0320. The molecule has 4 heterocycles. The normalized spacial score (nSPS) is 13.3. The number of hydrogen-bond acceptors (Lipinski definition) is 6. The third-order valence-electron chi connectivity index (χ3n) is 9.50. The summed E-state index contributed by atoms with van der Waals surface area (Å²) in [6.45, 7) is 9.82. The zero-order chi connectivity index (χ0) is 36.0. The minimum atomic E-state index is -0.170. The summed E-state index contributed by atoms with van der Waals surface area (Å²) in [4.78, 5) is 25.2. The van der Waals surface area contributed by atoms with Crippen molar-refractivity contribution in [1.29, 1.82) is 10.5 Å². The highest BCUT2D eigenvalue weighted by atomic mass is 16.5. The van der Waals surface area contributed by atoms with E-state index in [0.717, 1.165) is 74.2 Å². The Balaban J connectivity index is 0.000000159. The van der Waals surface area contributed by atoms with Crippen LogP contribution in [0.2, 0.25) is 0 Å². The number of nitrogens with zero attached hydrogens (tertiary/aromatic N) is 5. The van der Waals surface area contributed by atoms with Crippen LogP contribution >= 0.6 is 0 Å². The van der Waals surface area contributed by atoms with Crippen LogP contribution < -0.4 is 19.7 Å². The molecule has 8 rings (SSSR count).